The number of phenolic OH excluding ortho intramolecular Hbond substituents is 2. The first-order valence-electron chi connectivity index (χ1n) is 5.46. The molecule has 0 radical (unpaired) electrons. The van der Waals surface area contributed by atoms with Gasteiger partial charge in [0.1, 0.15) is 22.9 Å². The summed E-state index contributed by atoms with van der Waals surface area (Å²) in [6.45, 7) is 0. The average molecular weight is 399 g/mol. The molecule has 0 saturated heterocycles. The van der Waals surface area contributed by atoms with Gasteiger partial charge in [0, 0.05) is 24.3 Å². The molecule has 2 rings (SSSR count). The maximum absolute atomic E-state index is 8.73. The molecule has 0 atom stereocenters. The monoisotopic (exact) mass is 400 g/mol. The summed E-state index contributed by atoms with van der Waals surface area (Å²) in [5, 5.41) is 17.5. The van der Waals surface area contributed by atoms with Gasteiger partial charge in [0.25, 0.3) is 0 Å². The largest absolute Gasteiger partial charge is 0.508 e. The van der Waals surface area contributed by atoms with Crippen LogP contribution < -0.4 is 19.8 Å². The second-order valence-corrected chi connectivity index (χ2v) is 5.45. The van der Waals surface area contributed by atoms with Gasteiger partial charge in [-0.1, -0.05) is 0 Å². The number of hydrogen-bond acceptors (Lipinski definition) is 6. The standard InChI is InChI=1S/2C6H7NO.H2O4Se.2H2O/c2*7-5-1-3-6(8)4-2-5;1-5(2,3)4;;/h2*1-4,8H,7H2;(H2,1,2,3,4);2*1H2. The van der Waals surface area contributed by atoms with Gasteiger partial charge >= 0.3 is 29.4 Å². The van der Waals surface area contributed by atoms with E-state index in [0.717, 1.165) is 11.4 Å². The van der Waals surface area contributed by atoms with Gasteiger partial charge in [0.05, 0.1) is 0 Å². The summed E-state index contributed by atoms with van der Waals surface area (Å²) in [4.78, 5) is 0. The van der Waals surface area contributed by atoms with Crippen molar-refractivity contribution in [1.29, 1.82) is 0 Å². The van der Waals surface area contributed by atoms with Crippen LogP contribution in [0.15, 0.2) is 48.5 Å². The Labute approximate surface area is 134 Å². The third-order valence-corrected chi connectivity index (χ3v) is 1.87. The summed E-state index contributed by atoms with van der Waals surface area (Å²) >= 11 is -5.75. The molecule has 11 heteroatoms. The summed E-state index contributed by atoms with van der Waals surface area (Å²) in [7, 11) is 0. The molecule has 23 heavy (non-hydrogen) atoms. The molecule has 10 nitrogen and oxygen atoms in total. The Morgan fingerprint density at radius 3 is 1.00 bits per heavy atom. The van der Waals surface area contributed by atoms with E-state index in [9.17, 15) is 0 Å². The number of rotatable bonds is 0. The molecule has 0 heterocycles. The minimum Gasteiger partial charge on any atom is -0.508 e. The second kappa shape index (κ2) is 12.5. The summed E-state index contributed by atoms with van der Waals surface area (Å²) in [5.74, 6) is 0.579. The Morgan fingerprint density at radius 2 is 0.870 bits per heavy atom. The molecule has 2 aromatic carbocycles. The molecular weight excluding hydrogens is 379 g/mol. The third kappa shape index (κ3) is 19.9. The quantitative estimate of drug-likeness (QED) is 0.320. The van der Waals surface area contributed by atoms with Crippen LogP contribution in [0.2, 0.25) is 0 Å². The van der Waals surface area contributed by atoms with Crippen molar-refractivity contribution in [3.63, 3.8) is 0 Å². The van der Waals surface area contributed by atoms with Crippen molar-refractivity contribution in [2.24, 2.45) is 0 Å². The third-order valence-electron chi connectivity index (χ3n) is 1.87. The van der Waals surface area contributed by atoms with Crippen LogP contribution in [0.25, 0.3) is 0 Å². The molecule has 12 N–H and O–H groups in total. The van der Waals surface area contributed by atoms with E-state index in [4.69, 9.17) is 26.3 Å². The normalized spacial score (nSPS) is 8.87. The Balaban J connectivity index is -0.000000258. The minimum absolute atomic E-state index is 0. The number of aromatic hydroxyl groups is 2. The van der Waals surface area contributed by atoms with Crippen LogP contribution in [0.5, 0.6) is 11.5 Å². The van der Waals surface area contributed by atoms with Crippen molar-refractivity contribution in [1.82, 2.24) is 0 Å². The van der Waals surface area contributed by atoms with Gasteiger partial charge in [-0.05, 0) is 24.3 Å². The summed E-state index contributed by atoms with van der Waals surface area (Å²) in [6, 6.07) is 13.5. The smallest absolute Gasteiger partial charge is 0.128 e. The Bertz CT molecular complexity index is 536. The zero-order chi connectivity index (χ0) is 16.5. The van der Waals surface area contributed by atoms with Crippen LogP contribution in [0.4, 0.5) is 11.4 Å². The first kappa shape index (κ1) is 25.8. The fourth-order valence-corrected chi connectivity index (χ4v) is 0.992. The van der Waals surface area contributed by atoms with E-state index in [1.807, 2.05) is 0 Å². The van der Waals surface area contributed by atoms with Crippen LogP contribution in [-0.4, -0.2) is 34.5 Å². The predicted molar refractivity (Wildman–Crippen MR) is 75.7 cm³/mol. The first-order valence-corrected chi connectivity index (χ1v) is 8.26. The molecule has 0 amide bonds. The minimum atomic E-state index is -5.75. The van der Waals surface area contributed by atoms with E-state index in [2.05, 4.69) is 11.5 Å². The van der Waals surface area contributed by atoms with Crippen molar-refractivity contribution >= 4 is 24.7 Å². The molecule has 0 fully saturated rings. The Kier molecular flexibility index (Phi) is 14.0. The van der Waals surface area contributed by atoms with E-state index in [1.54, 1.807) is 48.5 Å². The topological polar surface area (TPSA) is 239 Å². The first-order chi connectivity index (χ1) is 9.58. The molecule has 0 bridgehead atoms. The van der Waals surface area contributed by atoms with E-state index in [1.165, 1.54) is 0 Å². The molecule has 0 aliphatic heterocycles. The van der Waals surface area contributed by atoms with Crippen molar-refractivity contribution in [2.45, 2.75) is 0 Å². The number of hydrogen-bond donors (Lipinski definition) is 4. The van der Waals surface area contributed by atoms with Crippen molar-refractivity contribution in [3.05, 3.63) is 48.5 Å². The van der Waals surface area contributed by atoms with E-state index in [0.29, 0.717) is 0 Å². The van der Waals surface area contributed by atoms with Gasteiger partial charge in [-0.15, -0.1) is 0 Å². The summed E-state index contributed by atoms with van der Waals surface area (Å²) in [5.41, 5.74) is 9.14. The SMILES string of the molecule is O.O.O=[Se](=O)([O-])[O-].[NH3+]c1ccc(O)cc1.[NH3+]c1ccc(O)cc1. The van der Waals surface area contributed by atoms with Gasteiger partial charge in [0.2, 0.25) is 0 Å². The molecule has 2 aromatic rings. The van der Waals surface area contributed by atoms with Crippen molar-refractivity contribution in [2.75, 3.05) is 0 Å². The molecule has 0 unspecified atom stereocenters. The van der Waals surface area contributed by atoms with Gasteiger partial charge in [-0.2, -0.15) is 0 Å². The van der Waals surface area contributed by atoms with Gasteiger partial charge in [-0.25, -0.2) is 0 Å². The fourth-order valence-electron chi connectivity index (χ4n) is 0.992. The zero-order valence-electron chi connectivity index (χ0n) is 12.0. The molecule has 0 aliphatic rings. The zero-order valence-corrected chi connectivity index (χ0v) is 13.7. The van der Waals surface area contributed by atoms with Crippen LogP contribution in [-0.2, 0) is 7.67 Å². The molecule has 132 valence electrons. The molecule has 0 aromatic heterocycles. The fraction of sp³-hybridized carbons (Fsp3) is 0. The van der Waals surface area contributed by atoms with Crippen LogP contribution in [0.1, 0.15) is 0 Å². The van der Waals surface area contributed by atoms with E-state index < -0.39 is 13.4 Å². The molecule has 0 saturated carbocycles. The van der Waals surface area contributed by atoms with Crippen LogP contribution >= 0.6 is 0 Å². The maximum Gasteiger partial charge on any atom is 0.128 e. The Hall–Kier alpha value is -2.08. The summed E-state index contributed by atoms with van der Waals surface area (Å²) in [6.07, 6.45) is 0. The van der Waals surface area contributed by atoms with Crippen molar-refractivity contribution < 1.29 is 48.7 Å². The maximum atomic E-state index is 8.73. The number of quaternary nitrogens is 2. The van der Waals surface area contributed by atoms with E-state index >= 15 is 0 Å². The predicted octanol–water partition coefficient (Wildman–Crippen LogP) is -4.11. The molecule has 0 spiro atoms. The van der Waals surface area contributed by atoms with Crippen LogP contribution in [0, 0.1) is 0 Å². The Morgan fingerprint density at radius 1 is 0.696 bits per heavy atom. The number of phenols is 2. The van der Waals surface area contributed by atoms with Gasteiger partial charge in [0.15, 0.2) is 0 Å². The number of benzene rings is 2. The average Bonchev–Trinajstić information content (AvgIpc) is 2.35. The molecule has 0 aliphatic carbocycles. The van der Waals surface area contributed by atoms with Gasteiger partial charge < -0.3 is 32.6 Å². The van der Waals surface area contributed by atoms with Crippen LogP contribution in [0.3, 0.4) is 0 Å². The summed E-state index contributed by atoms with van der Waals surface area (Å²) < 4.78 is 34.4. The van der Waals surface area contributed by atoms with E-state index in [-0.39, 0.29) is 22.5 Å². The van der Waals surface area contributed by atoms with Gasteiger partial charge in [-0.3, -0.25) is 0 Å². The van der Waals surface area contributed by atoms with Crippen molar-refractivity contribution in [3.8, 4) is 11.5 Å². The second-order valence-electron chi connectivity index (χ2n) is 3.74. The molecular formula is C12H20N2O8Se.